The first kappa shape index (κ1) is 13.0. The molecule has 0 saturated heterocycles. The smallest absolute Gasteiger partial charge is 0.249 e. The summed E-state index contributed by atoms with van der Waals surface area (Å²) in [4.78, 5) is -0.422. The van der Waals surface area contributed by atoms with E-state index in [0.717, 1.165) is 6.20 Å². The molecule has 0 radical (unpaired) electrons. The van der Waals surface area contributed by atoms with Crippen LogP contribution in [0.1, 0.15) is 0 Å². The predicted octanol–water partition coefficient (Wildman–Crippen LogP) is 1.98. The van der Waals surface area contributed by atoms with E-state index in [-0.39, 0.29) is 3.70 Å². The van der Waals surface area contributed by atoms with Crippen molar-refractivity contribution in [1.29, 1.82) is 0 Å². The number of hydrogen-bond donors (Lipinski definition) is 0. The molecule has 0 atom stereocenters. The minimum absolute atomic E-state index is 0.167. The Balaban J connectivity index is 3.11. The fourth-order valence-electron chi connectivity index (χ4n) is 0.797. The largest absolute Gasteiger partial charge is 0.408 e. The molecule has 15 heavy (non-hydrogen) atoms. The highest BCUT2D eigenvalue weighted by atomic mass is 127. The second-order valence-corrected chi connectivity index (χ2v) is 6.07. The van der Waals surface area contributed by atoms with Crippen LogP contribution in [0, 0.1) is 3.70 Å². The quantitative estimate of drug-likeness (QED) is 0.588. The van der Waals surface area contributed by atoms with Crippen LogP contribution in [0.4, 0.5) is 13.2 Å². The summed E-state index contributed by atoms with van der Waals surface area (Å²) in [5, 5.41) is 3.29. The summed E-state index contributed by atoms with van der Waals surface area (Å²) >= 11 is 1.44. The molecule has 0 spiro atoms. The van der Waals surface area contributed by atoms with Crippen molar-refractivity contribution in [2.45, 2.75) is 17.6 Å². The standard InChI is InChI=1S/C5H3ClF3IN2O2S/c6-15(13,14)3-1-11-12(4(3)10)2-5(7,8)9/h1H,2H2. The molecule has 0 saturated carbocycles. The molecule has 0 N–H and O–H groups in total. The van der Waals surface area contributed by atoms with E-state index in [1.807, 2.05) is 0 Å². The maximum Gasteiger partial charge on any atom is 0.408 e. The van der Waals surface area contributed by atoms with Crippen LogP contribution in [0.5, 0.6) is 0 Å². The van der Waals surface area contributed by atoms with E-state index in [1.165, 1.54) is 22.6 Å². The van der Waals surface area contributed by atoms with E-state index in [2.05, 4.69) is 5.10 Å². The van der Waals surface area contributed by atoms with Gasteiger partial charge >= 0.3 is 6.18 Å². The zero-order valence-electron chi connectivity index (χ0n) is 6.79. The monoisotopic (exact) mass is 374 g/mol. The maximum absolute atomic E-state index is 12.0. The summed E-state index contributed by atoms with van der Waals surface area (Å²) in [5.41, 5.74) is 0. The van der Waals surface area contributed by atoms with Crippen molar-refractivity contribution in [3.8, 4) is 0 Å². The lowest BCUT2D eigenvalue weighted by atomic mass is 10.6. The molecular formula is C5H3ClF3IN2O2S. The molecule has 0 aliphatic heterocycles. The minimum Gasteiger partial charge on any atom is -0.249 e. The van der Waals surface area contributed by atoms with Crippen molar-refractivity contribution >= 4 is 42.3 Å². The molecule has 1 aromatic rings. The number of rotatable bonds is 2. The lowest BCUT2D eigenvalue weighted by Gasteiger charge is -2.07. The summed E-state index contributed by atoms with van der Waals surface area (Å²) in [6.07, 6.45) is -3.67. The first-order valence-electron chi connectivity index (χ1n) is 3.34. The summed E-state index contributed by atoms with van der Waals surface area (Å²) in [7, 11) is 0.927. The van der Waals surface area contributed by atoms with E-state index in [0.29, 0.717) is 4.68 Å². The average molecular weight is 375 g/mol. The van der Waals surface area contributed by atoms with E-state index < -0.39 is 26.7 Å². The highest BCUT2D eigenvalue weighted by Gasteiger charge is 2.31. The van der Waals surface area contributed by atoms with Gasteiger partial charge in [0.05, 0.1) is 6.20 Å². The zero-order chi connectivity index (χ0) is 11.9. The van der Waals surface area contributed by atoms with Crippen molar-refractivity contribution in [2.24, 2.45) is 0 Å². The van der Waals surface area contributed by atoms with Gasteiger partial charge in [-0.25, -0.2) is 13.1 Å². The fourth-order valence-corrected chi connectivity index (χ4v) is 3.31. The summed E-state index contributed by atoms with van der Waals surface area (Å²) in [6, 6.07) is 0. The molecule has 10 heteroatoms. The third kappa shape index (κ3) is 3.48. The molecule has 4 nitrogen and oxygen atoms in total. The Morgan fingerprint density at radius 3 is 2.40 bits per heavy atom. The first-order valence-corrected chi connectivity index (χ1v) is 6.73. The third-order valence-electron chi connectivity index (χ3n) is 1.34. The highest BCUT2D eigenvalue weighted by Crippen LogP contribution is 2.24. The van der Waals surface area contributed by atoms with Crippen molar-refractivity contribution in [3.05, 3.63) is 9.90 Å². The summed E-state index contributed by atoms with van der Waals surface area (Å²) in [5.74, 6) is 0. The Morgan fingerprint density at radius 2 is 2.07 bits per heavy atom. The van der Waals surface area contributed by atoms with Crippen LogP contribution in [-0.4, -0.2) is 24.4 Å². The van der Waals surface area contributed by atoms with Crippen LogP contribution in [0.3, 0.4) is 0 Å². The zero-order valence-corrected chi connectivity index (χ0v) is 10.5. The van der Waals surface area contributed by atoms with Crippen molar-refractivity contribution < 1.29 is 21.6 Å². The van der Waals surface area contributed by atoms with Crippen LogP contribution >= 0.6 is 33.3 Å². The number of alkyl halides is 3. The van der Waals surface area contributed by atoms with Gasteiger partial charge in [-0.15, -0.1) is 0 Å². The Bertz CT molecular complexity index is 469. The molecule has 0 amide bonds. The molecule has 86 valence electrons. The van der Waals surface area contributed by atoms with Crippen LogP contribution in [-0.2, 0) is 15.6 Å². The number of halogens is 5. The predicted molar refractivity (Wildman–Crippen MR) is 54.0 cm³/mol. The molecular weight excluding hydrogens is 371 g/mol. The van der Waals surface area contributed by atoms with Crippen molar-refractivity contribution in [1.82, 2.24) is 9.78 Å². The summed E-state index contributed by atoms with van der Waals surface area (Å²) < 4.78 is 58.0. The minimum atomic E-state index is -4.46. The van der Waals surface area contributed by atoms with Gasteiger partial charge in [-0.2, -0.15) is 18.3 Å². The van der Waals surface area contributed by atoms with Gasteiger partial charge in [0.1, 0.15) is 15.1 Å². The van der Waals surface area contributed by atoms with Gasteiger partial charge in [0.15, 0.2) is 0 Å². The maximum atomic E-state index is 12.0. The molecule has 0 aliphatic carbocycles. The highest BCUT2D eigenvalue weighted by molar-refractivity contribution is 14.1. The molecule has 1 heterocycles. The first-order chi connectivity index (χ1) is 6.61. The van der Waals surface area contributed by atoms with Gasteiger partial charge in [0.25, 0.3) is 9.05 Å². The van der Waals surface area contributed by atoms with Gasteiger partial charge in [0.2, 0.25) is 0 Å². The number of aromatic nitrogens is 2. The average Bonchev–Trinajstić information content (AvgIpc) is 2.27. The van der Waals surface area contributed by atoms with Gasteiger partial charge in [-0.3, -0.25) is 0 Å². The van der Waals surface area contributed by atoms with Gasteiger partial charge in [-0.1, -0.05) is 0 Å². The van der Waals surface area contributed by atoms with E-state index >= 15 is 0 Å². The van der Waals surface area contributed by atoms with E-state index in [4.69, 9.17) is 10.7 Å². The summed E-state index contributed by atoms with van der Waals surface area (Å²) in [6.45, 7) is -1.35. The number of hydrogen-bond acceptors (Lipinski definition) is 3. The topological polar surface area (TPSA) is 52.0 Å². The molecule has 0 aromatic carbocycles. The lowest BCUT2D eigenvalue weighted by molar-refractivity contribution is -0.143. The van der Waals surface area contributed by atoms with Crippen molar-refractivity contribution in [3.63, 3.8) is 0 Å². The van der Waals surface area contributed by atoms with Crippen molar-refractivity contribution in [2.75, 3.05) is 0 Å². The van der Waals surface area contributed by atoms with Gasteiger partial charge < -0.3 is 0 Å². The van der Waals surface area contributed by atoms with E-state index in [9.17, 15) is 21.6 Å². The Morgan fingerprint density at radius 1 is 1.53 bits per heavy atom. The van der Waals surface area contributed by atoms with Crippen LogP contribution in [0.2, 0.25) is 0 Å². The molecule has 0 aliphatic rings. The molecule has 0 unspecified atom stereocenters. The Labute approximate surface area is 101 Å². The Kier molecular flexibility index (Phi) is 3.55. The molecule has 1 aromatic heterocycles. The van der Waals surface area contributed by atoms with Gasteiger partial charge in [-0.05, 0) is 22.6 Å². The SMILES string of the molecule is O=S(=O)(Cl)c1cnn(CC(F)(F)F)c1I. The normalized spacial score (nSPS) is 13.1. The lowest BCUT2D eigenvalue weighted by Crippen LogP contribution is -2.19. The van der Waals surface area contributed by atoms with Crippen LogP contribution in [0.15, 0.2) is 11.1 Å². The second kappa shape index (κ2) is 4.09. The molecule has 0 fully saturated rings. The van der Waals surface area contributed by atoms with Gasteiger partial charge in [0, 0.05) is 10.7 Å². The van der Waals surface area contributed by atoms with E-state index in [1.54, 1.807) is 0 Å². The number of nitrogens with zero attached hydrogens (tertiary/aromatic N) is 2. The van der Waals surface area contributed by atoms with Crippen LogP contribution < -0.4 is 0 Å². The second-order valence-electron chi connectivity index (χ2n) is 2.51. The molecule has 1 rings (SSSR count). The molecule has 0 bridgehead atoms. The third-order valence-corrected chi connectivity index (χ3v) is 4.16. The fraction of sp³-hybridized carbons (Fsp3) is 0.400. The Hall–Kier alpha value is -0.0300. The van der Waals surface area contributed by atoms with Crippen LogP contribution in [0.25, 0.3) is 0 Å².